The molecule has 0 saturated heterocycles. The molecule has 0 radical (unpaired) electrons. The van der Waals surface area contributed by atoms with Gasteiger partial charge in [0.2, 0.25) is 0 Å². The molecule has 5 heteroatoms. The van der Waals surface area contributed by atoms with E-state index in [4.69, 9.17) is 4.52 Å². The first-order chi connectivity index (χ1) is 9.69. The molecule has 1 aromatic rings. The molecule has 1 aromatic heterocycles. The molecule has 1 atom stereocenters. The van der Waals surface area contributed by atoms with E-state index in [2.05, 4.69) is 22.7 Å². The summed E-state index contributed by atoms with van der Waals surface area (Å²) in [6, 6.07) is 1.99. The second-order valence-corrected chi connectivity index (χ2v) is 5.65. The first kappa shape index (κ1) is 14.9. The van der Waals surface area contributed by atoms with Gasteiger partial charge in [0.25, 0.3) is 0 Å². The van der Waals surface area contributed by atoms with Gasteiger partial charge in [-0.05, 0) is 32.1 Å². The largest absolute Gasteiger partial charge is 0.359 e. The summed E-state index contributed by atoms with van der Waals surface area (Å²) in [6.07, 6.45) is 7.20. The highest BCUT2D eigenvalue weighted by Gasteiger charge is 2.21. The summed E-state index contributed by atoms with van der Waals surface area (Å²) in [5.41, 5.74) is 0.915. The molecule has 0 aromatic carbocycles. The van der Waals surface area contributed by atoms with E-state index >= 15 is 0 Å². The molecule has 0 aliphatic heterocycles. The smallest absolute Gasteiger partial charge is 0.315 e. The van der Waals surface area contributed by atoms with Crippen LogP contribution in [0.3, 0.4) is 0 Å². The lowest BCUT2D eigenvalue weighted by atomic mass is 9.85. The van der Waals surface area contributed by atoms with Crippen LogP contribution in [0.4, 0.5) is 4.79 Å². The van der Waals surface area contributed by atoms with Crippen molar-refractivity contribution in [3.63, 3.8) is 0 Å². The quantitative estimate of drug-likeness (QED) is 0.870. The first-order valence-corrected chi connectivity index (χ1v) is 7.68. The molecular formula is C15H25N3O2. The van der Waals surface area contributed by atoms with Gasteiger partial charge in [0.1, 0.15) is 0 Å². The Morgan fingerprint density at radius 1 is 1.45 bits per heavy atom. The third kappa shape index (κ3) is 4.25. The first-order valence-electron chi connectivity index (χ1n) is 7.68. The zero-order valence-corrected chi connectivity index (χ0v) is 12.4. The third-order valence-electron chi connectivity index (χ3n) is 4.11. The van der Waals surface area contributed by atoms with Crippen molar-refractivity contribution in [2.24, 2.45) is 5.92 Å². The summed E-state index contributed by atoms with van der Waals surface area (Å²) < 4.78 is 5.13. The Morgan fingerprint density at radius 2 is 2.20 bits per heavy atom. The summed E-state index contributed by atoms with van der Waals surface area (Å²) in [7, 11) is 0. The van der Waals surface area contributed by atoms with Gasteiger partial charge >= 0.3 is 6.03 Å². The number of aromatic nitrogens is 1. The lowest BCUT2D eigenvalue weighted by molar-refractivity contribution is 0.223. The highest BCUT2D eigenvalue weighted by molar-refractivity contribution is 5.74. The van der Waals surface area contributed by atoms with Crippen molar-refractivity contribution >= 4 is 6.03 Å². The zero-order chi connectivity index (χ0) is 14.4. The van der Waals surface area contributed by atoms with Crippen molar-refractivity contribution in [1.82, 2.24) is 15.8 Å². The third-order valence-corrected chi connectivity index (χ3v) is 4.11. The highest BCUT2D eigenvalue weighted by Crippen LogP contribution is 2.26. The SMILES string of the molecule is CCc1cc(CNC(=O)N[C@H](C)C2CCCCC2)on1. The van der Waals surface area contributed by atoms with Crippen LogP contribution >= 0.6 is 0 Å². The van der Waals surface area contributed by atoms with E-state index in [0.717, 1.165) is 12.1 Å². The van der Waals surface area contributed by atoms with Crippen LogP contribution in [0.5, 0.6) is 0 Å². The Hall–Kier alpha value is -1.52. The van der Waals surface area contributed by atoms with E-state index < -0.39 is 0 Å². The number of carbonyl (C=O) groups excluding carboxylic acids is 1. The van der Waals surface area contributed by atoms with Crippen LogP contribution in [-0.2, 0) is 13.0 Å². The van der Waals surface area contributed by atoms with Gasteiger partial charge in [-0.15, -0.1) is 0 Å². The topological polar surface area (TPSA) is 67.2 Å². The van der Waals surface area contributed by atoms with E-state index in [0.29, 0.717) is 18.2 Å². The molecule has 0 spiro atoms. The number of hydrogen-bond donors (Lipinski definition) is 2. The zero-order valence-electron chi connectivity index (χ0n) is 12.4. The van der Waals surface area contributed by atoms with E-state index in [1.54, 1.807) is 0 Å². The summed E-state index contributed by atoms with van der Waals surface area (Å²) in [6.45, 7) is 4.50. The van der Waals surface area contributed by atoms with Gasteiger partial charge < -0.3 is 15.2 Å². The number of nitrogens with one attached hydrogen (secondary N) is 2. The Bertz CT molecular complexity index is 425. The standard InChI is InChI=1S/C15H25N3O2/c1-3-13-9-14(20-18-13)10-16-15(19)17-11(2)12-7-5-4-6-8-12/h9,11-12H,3-8,10H2,1-2H3,(H2,16,17,19)/t11-/m1/s1. The molecule has 112 valence electrons. The van der Waals surface area contributed by atoms with Gasteiger partial charge in [0.05, 0.1) is 12.2 Å². The number of urea groups is 1. The predicted octanol–water partition coefficient (Wildman–Crippen LogP) is 3.01. The average Bonchev–Trinajstić information content (AvgIpc) is 2.94. The Kier molecular flexibility index (Phi) is 5.44. The fourth-order valence-corrected chi connectivity index (χ4v) is 2.78. The fourth-order valence-electron chi connectivity index (χ4n) is 2.78. The van der Waals surface area contributed by atoms with Gasteiger partial charge in [0, 0.05) is 12.1 Å². The second kappa shape index (κ2) is 7.31. The minimum Gasteiger partial charge on any atom is -0.359 e. The van der Waals surface area contributed by atoms with Crippen LogP contribution < -0.4 is 10.6 Å². The van der Waals surface area contributed by atoms with Crippen LogP contribution in [0.15, 0.2) is 10.6 Å². The summed E-state index contributed by atoms with van der Waals surface area (Å²) >= 11 is 0. The monoisotopic (exact) mass is 279 g/mol. The maximum absolute atomic E-state index is 11.9. The Labute approximate surface area is 120 Å². The van der Waals surface area contributed by atoms with Gasteiger partial charge in [-0.3, -0.25) is 0 Å². The average molecular weight is 279 g/mol. The van der Waals surface area contributed by atoms with Gasteiger partial charge in [0.15, 0.2) is 5.76 Å². The number of aryl methyl sites for hydroxylation is 1. The van der Waals surface area contributed by atoms with Gasteiger partial charge in [-0.1, -0.05) is 31.3 Å². The number of carbonyl (C=O) groups is 1. The van der Waals surface area contributed by atoms with E-state index in [1.165, 1.54) is 32.1 Å². The Morgan fingerprint density at radius 3 is 2.85 bits per heavy atom. The predicted molar refractivity (Wildman–Crippen MR) is 77.3 cm³/mol. The van der Waals surface area contributed by atoms with E-state index in [-0.39, 0.29) is 12.1 Å². The summed E-state index contributed by atoms with van der Waals surface area (Å²) in [4.78, 5) is 11.9. The molecule has 1 aliphatic carbocycles. The molecule has 2 amide bonds. The fraction of sp³-hybridized carbons (Fsp3) is 0.733. The molecule has 1 saturated carbocycles. The second-order valence-electron chi connectivity index (χ2n) is 5.65. The molecule has 1 fully saturated rings. The van der Waals surface area contributed by atoms with Crippen molar-refractivity contribution < 1.29 is 9.32 Å². The van der Waals surface area contributed by atoms with Gasteiger partial charge in [-0.2, -0.15) is 0 Å². The molecular weight excluding hydrogens is 254 g/mol. The Balaban J connectivity index is 1.71. The summed E-state index contributed by atoms with van der Waals surface area (Å²) in [5, 5.41) is 9.75. The minimum atomic E-state index is -0.127. The molecule has 0 bridgehead atoms. The van der Waals surface area contributed by atoms with Crippen molar-refractivity contribution in [2.75, 3.05) is 0 Å². The van der Waals surface area contributed by atoms with Crippen molar-refractivity contribution in [3.8, 4) is 0 Å². The highest BCUT2D eigenvalue weighted by atomic mass is 16.5. The maximum Gasteiger partial charge on any atom is 0.315 e. The molecule has 20 heavy (non-hydrogen) atoms. The summed E-state index contributed by atoms with van der Waals surface area (Å²) in [5.74, 6) is 1.31. The van der Waals surface area contributed by atoms with Crippen LogP contribution in [0, 0.1) is 5.92 Å². The molecule has 1 heterocycles. The van der Waals surface area contributed by atoms with Gasteiger partial charge in [-0.25, -0.2) is 4.79 Å². The molecule has 1 aliphatic rings. The minimum absolute atomic E-state index is 0.127. The van der Waals surface area contributed by atoms with Crippen LogP contribution in [0.25, 0.3) is 0 Å². The van der Waals surface area contributed by atoms with Crippen molar-refractivity contribution in [2.45, 2.75) is 65.0 Å². The van der Waals surface area contributed by atoms with Crippen molar-refractivity contribution in [3.05, 3.63) is 17.5 Å². The molecule has 5 nitrogen and oxygen atoms in total. The maximum atomic E-state index is 11.9. The molecule has 2 rings (SSSR count). The lowest BCUT2D eigenvalue weighted by Crippen LogP contribution is -2.44. The number of rotatable bonds is 5. The van der Waals surface area contributed by atoms with Crippen LogP contribution in [0.2, 0.25) is 0 Å². The van der Waals surface area contributed by atoms with Crippen LogP contribution in [-0.4, -0.2) is 17.2 Å². The molecule has 2 N–H and O–H groups in total. The van der Waals surface area contributed by atoms with Crippen LogP contribution in [0.1, 0.15) is 57.4 Å². The van der Waals surface area contributed by atoms with Crippen molar-refractivity contribution in [1.29, 1.82) is 0 Å². The number of hydrogen-bond acceptors (Lipinski definition) is 3. The lowest BCUT2D eigenvalue weighted by Gasteiger charge is -2.28. The molecule has 0 unspecified atom stereocenters. The van der Waals surface area contributed by atoms with E-state index in [9.17, 15) is 4.79 Å². The normalized spacial score (nSPS) is 17.7. The number of nitrogens with zero attached hydrogens (tertiary/aromatic N) is 1. The van der Waals surface area contributed by atoms with E-state index in [1.807, 2.05) is 13.0 Å². The number of amides is 2.